The summed E-state index contributed by atoms with van der Waals surface area (Å²) in [5.74, 6) is 0.519. The van der Waals surface area contributed by atoms with Gasteiger partial charge in [0.05, 0.1) is 5.52 Å². The highest BCUT2D eigenvalue weighted by Gasteiger charge is 2.36. The number of nitrogens with zero attached hydrogens (tertiary/aromatic N) is 1. The third kappa shape index (κ3) is 2.48. The maximum atomic E-state index is 13.0. The van der Waals surface area contributed by atoms with Gasteiger partial charge in [0.1, 0.15) is 0 Å². The first-order chi connectivity index (χ1) is 10.3. The summed E-state index contributed by atoms with van der Waals surface area (Å²) in [5, 5.41) is 2.47. The number of hydrogen-bond donors (Lipinski definition) is 0. The van der Waals surface area contributed by atoms with Gasteiger partial charge in [-0.3, -0.25) is 9.78 Å². The number of ketones is 1. The van der Waals surface area contributed by atoms with Crippen LogP contribution in [-0.2, 0) is 0 Å². The molecule has 2 saturated heterocycles. The predicted molar refractivity (Wildman–Crippen MR) is 87.8 cm³/mol. The number of carbonyl (C=O) groups excluding carboxylic acids is 1. The van der Waals surface area contributed by atoms with Crippen molar-refractivity contribution in [3.05, 3.63) is 42.1 Å². The second kappa shape index (κ2) is 5.45. The fourth-order valence-corrected chi connectivity index (χ4v) is 5.63. The van der Waals surface area contributed by atoms with E-state index in [0.29, 0.717) is 16.3 Å². The maximum absolute atomic E-state index is 13.0. The molecule has 1 aromatic carbocycles. The minimum Gasteiger partial charge on any atom is -0.294 e. The normalized spacial score (nSPS) is 28.5. The van der Waals surface area contributed by atoms with E-state index in [1.165, 1.54) is 19.3 Å². The van der Waals surface area contributed by atoms with Gasteiger partial charge in [-0.25, -0.2) is 0 Å². The molecule has 2 aliphatic rings. The molecule has 0 saturated carbocycles. The Hall–Kier alpha value is -1.35. The van der Waals surface area contributed by atoms with Crippen LogP contribution in [-0.4, -0.2) is 21.3 Å². The molecule has 2 aliphatic heterocycles. The molecule has 0 amide bonds. The Balaban J connectivity index is 1.67. The van der Waals surface area contributed by atoms with Crippen molar-refractivity contribution in [2.45, 2.75) is 42.6 Å². The van der Waals surface area contributed by atoms with Crippen LogP contribution in [0.2, 0.25) is 0 Å². The lowest BCUT2D eigenvalue weighted by atomic mass is 9.84. The molecule has 2 nitrogen and oxygen atoms in total. The van der Waals surface area contributed by atoms with Gasteiger partial charge in [-0.1, -0.05) is 24.6 Å². The number of Topliss-reactive ketones (excluding diaryl/α,β-unsaturated/α-hetero) is 1. The monoisotopic (exact) mass is 297 g/mol. The number of aromatic nitrogens is 1. The molecule has 0 radical (unpaired) electrons. The Labute approximate surface area is 129 Å². The predicted octanol–water partition coefficient (Wildman–Crippen LogP) is 4.48. The SMILES string of the molecule is O=C(c1cccc2cccnc12)C1CC2CCCC(C1)S2. The lowest BCUT2D eigenvalue weighted by molar-refractivity contribution is 0.0898. The van der Waals surface area contributed by atoms with Gasteiger partial charge >= 0.3 is 0 Å². The number of hydrogen-bond acceptors (Lipinski definition) is 3. The summed E-state index contributed by atoms with van der Waals surface area (Å²) >= 11 is 2.13. The largest absolute Gasteiger partial charge is 0.294 e. The maximum Gasteiger partial charge on any atom is 0.168 e. The quantitative estimate of drug-likeness (QED) is 0.765. The highest BCUT2D eigenvalue weighted by Crippen LogP contribution is 2.44. The van der Waals surface area contributed by atoms with Crippen molar-refractivity contribution < 1.29 is 4.79 Å². The molecule has 2 unspecified atom stereocenters. The van der Waals surface area contributed by atoms with Crippen LogP contribution in [0.3, 0.4) is 0 Å². The molecular formula is C18H19NOS. The van der Waals surface area contributed by atoms with E-state index < -0.39 is 0 Å². The van der Waals surface area contributed by atoms with Crippen molar-refractivity contribution in [3.63, 3.8) is 0 Å². The van der Waals surface area contributed by atoms with Gasteiger partial charge in [0.15, 0.2) is 5.78 Å². The van der Waals surface area contributed by atoms with Crippen molar-refractivity contribution in [1.29, 1.82) is 0 Å². The molecule has 0 N–H and O–H groups in total. The van der Waals surface area contributed by atoms with E-state index in [4.69, 9.17) is 0 Å². The number of benzene rings is 1. The Morgan fingerprint density at radius 1 is 1.10 bits per heavy atom. The minimum absolute atomic E-state index is 0.203. The zero-order valence-corrected chi connectivity index (χ0v) is 12.8. The van der Waals surface area contributed by atoms with Crippen molar-refractivity contribution in [2.75, 3.05) is 0 Å². The summed E-state index contributed by atoms with van der Waals surface area (Å²) in [6.07, 6.45) is 7.83. The van der Waals surface area contributed by atoms with Gasteiger partial charge < -0.3 is 0 Å². The highest BCUT2D eigenvalue weighted by atomic mass is 32.2. The number of rotatable bonds is 2. The fraction of sp³-hybridized carbons (Fsp3) is 0.444. The van der Waals surface area contributed by atoms with Crippen LogP contribution in [0.4, 0.5) is 0 Å². The first-order valence-corrected chi connectivity index (χ1v) is 8.79. The molecule has 0 spiro atoms. The molecular weight excluding hydrogens is 278 g/mol. The van der Waals surface area contributed by atoms with E-state index in [2.05, 4.69) is 16.7 Å². The summed E-state index contributed by atoms with van der Waals surface area (Å²) in [5.41, 5.74) is 1.69. The van der Waals surface area contributed by atoms with E-state index >= 15 is 0 Å². The van der Waals surface area contributed by atoms with Crippen molar-refractivity contribution >= 4 is 28.4 Å². The van der Waals surface area contributed by atoms with Gasteiger partial charge in [0, 0.05) is 33.6 Å². The van der Waals surface area contributed by atoms with Gasteiger partial charge in [0.2, 0.25) is 0 Å². The van der Waals surface area contributed by atoms with Crippen LogP contribution in [0.25, 0.3) is 10.9 Å². The van der Waals surface area contributed by atoms with E-state index in [1.807, 2.05) is 30.3 Å². The van der Waals surface area contributed by atoms with Crippen LogP contribution in [0, 0.1) is 5.92 Å². The Morgan fingerprint density at radius 3 is 2.67 bits per heavy atom. The number of thioether (sulfide) groups is 1. The third-order valence-corrected chi connectivity index (χ3v) is 6.43. The second-order valence-electron chi connectivity index (χ2n) is 6.22. The van der Waals surface area contributed by atoms with Crippen molar-refractivity contribution in [1.82, 2.24) is 4.98 Å². The summed E-state index contributed by atoms with van der Waals surface area (Å²) < 4.78 is 0. The highest BCUT2D eigenvalue weighted by molar-refractivity contribution is 8.00. The number of pyridine rings is 1. The molecule has 0 aliphatic carbocycles. The van der Waals surface area contributed by atoms with Crippen molar-refractivity contribution in [2.24, 2.45) is 5.92 Å². The molecule has 108 valence electrons. The van der Waals surface area contributed by atoms with E-state index in [9.17, 15) is 4.79 Å². The Kier molecular flexibility index (Phi) is 3.46. The first-order valence-electron chi connectivity index (χ1n) is 7.84. The number of para-hydroxylation sites is 1. The topological polar surface area (TPSA) is 30.0 Å². The molecule has 3 heteroatoms. The Morgan fingerprint density at radius 2 is 1.86 bits per heavy atom. The summed E-state index contributed by atoms with van der Waals surface area (Å²) in [7, 11) is 0. The summed E-state index contributed by atoms with van der Waals surface area (Å²) in [4.78, 5) is 17.4. The second-order valence-corrected chi connectivity index (χ2v) is 7.83. The summed E-state index contributed by atoms with van der Waals surface area (Å²) in [6.45, 7) is 0. The minimum atomic E-state index is 0.203. The van der Waals surface area contributed by atoms with Crippen LogP contribution < -0.4 is 0 Å². The molecule has 4 rings (SSSR count). The third-order valence-electron chi connectivity index (χ3n) is 4.80. The molecule has 2 fully saturated rings. The molecule has 2 bridgehead atoms. The lowest BCUT2D eigenvalue weighted by Gasteiger charge is -2.38. The van der Waals surface area contributed by atoms with E-state index in [0.717, 1.165) is 29.3 Å². The smallest absolute Gasteiger partial charge is 0.168 e. The average molecular weight is 297 g/mol. The molecule has 2 aromatic rings. The van der Waals surface area contributed by atoms with Crippen LogP contribution >= 0.6 is 11.8 Å². The molecule has 2 atom stereocenters. The van der Waals surface area contributed by atoms with E-state index in [1.54, 1.807) is 6.20 Å². The molecule has 1 aromatic heterocycles. The molecule has 21 heavy (non-hydrogen) atoms. The van der Waals surface area contributed by atoms with Gasteiger partial charge in [-0.05, 0) is 37.8 Å². The fourth-order valence-electron chi connectivity index (χ4n) is 3.80. The Bertz CT molecular complexity index is 666. The number of fused-ring (bicyclic) bond motifs is 3. The van der Waals surface area contributed by atoms with Gasteiger partial charge in [-0.2, -0.15) is 11.8 Å². The molecule has 3 heterocycles. The zero-order valence-electron chi connectivity index (χ0n) is 12.0. The standard InChI is InChI=1S/C18H19NOS/c20-18(13-10-14-6-2-7-15(11-13)21-14)16-8-1-4-12-5-3-9-19-17(12)16/h1,3-5,8-9,13-15H,2,6-7,10-11H2. The van der Waals surface area contributed by atoms with Crippen LogP contribution in [0.1, 0.15) is 42.5 Å². The zero-order chi connectivity index (χ0) is 14.2. The lowest BCUT2D eigenvalue weighted by Crippen LogP contribution is -2.33. The summed E-state index contributed by atoms with van der Waals surface area (Å²) in [6, 6.07) is 9.93. The van der Waals surface area contributed by atoms with Crippen molar-refractivity contribution in [3.8, 4) is 0 Å². The van der Waals surface area contributed by atoms with Gasteiger partial charge in [0.25, 0.3) is 0 Å². The van der Waals surface area contributed by atoms with Crippen LogP contribution in [0.15, 0.2) is 36.5 Å². The van der Waals surface area contributed by atoms with Crippen LogP contribution in [0.5, 0.6) is 0 Å². The van der Waals surface area contributed by atoms with E-state index in [-0.39, 0.29) is 5.92 Å². The first kappa shape index (κ1) is 13.3. The van der Waals surface area contributed by atoms with Gasteiger partial charge in [-0.15, -0.1) is 0 Å². The average Bonchev–Trinajstić information content (AvgIpc) is 2.53. The number of carbonyl (C=O) groups is 1.